The molecule has 3 aromatic rings. The molecular weight excluding hydrogens is 505 g/mol. The van der Waals surface area contributed by atoms with Crippen LogP contribution in [0.25, 0.3) is 0 Å². The summed E-state index contributed by atoms with van der Waals surface area (Å²) in [4.78, 5) is 24.1. The first kappa shape index (κ1) is 24.9. The van der Waals surface area contributed by atoms with E-state index in [0.29, 0.717) is 33.9 Å². The molecule has 0 fully saturated rings. The Bertz CT molecular complexity index is 1250. The third-order valence-corrected chi connectivity index (χ3v) is 5.43. The van der Waals surface area contributed by atoms with Gasteiger partial charge in [-0.05, 0) is 61.4 Å². The van der Waals surface area contributed by atoms with Crippen molar-refractivity contribution in [2.24, 2.45) is 5.10 Å². The number of ether oxygens (including phenoxy) is 2. The van der Waals surface area contributed by atoms with Gasteiger partial charge in [0.05, 0.1) is 18.5 Å². The molecule has 0 aromatic heterocycles. The monoisotopic (exact) mass is 527 g/mol. The average molecular weight is 528 g/mol. The molecule has 0 aliphatic heterocycles. The van der Waals surface area contributed by atoms with Gasteiger partial charge >= 0.3 is 11.8 Å². The zero-order valence-electron chi connectivity index (χ0n) is 18.8. The van der Waals surface area contributed by atoms with Crippen LogP contribution in [0.15, 0.2) is 70.2 Å². The van der Waals surface area contributed by atoms with E-state index >= 15 is 0 Å². The molecule has 9 heteroatoms. The van der Waals surface area contributed by atoms with Crippen molar-refractivity contribution in [1.29, 1.82) is 0 Å². The Hall–Kier alpha value is -3.72. The van der Waals surface area contributed by atoms with Gasteiger partial charge in [-0.1, -0.05) is 40.2 Å². The second-order valence-corrected chi connectivity index (χ2v) is 8.21. The number of halogens is 2. The highest BCUT2D eigenvalue weighted by Crippen LogP contribution is 2.29. The maximum absolute atomic E-state index is 13.9. The van der Waals surface area contributed by atoms with Crippen LogP contribution in [0.4, 0.5) is 10.1 Å². The molecule has 3 aromatic carbocycles. The molecule has 3 rings (SSSR count). The number of aryl methyl sites for hydroxylation is 1. The molecule has 2 N–H and O–H groups in total. The number of rotatable bonds is 7. The highest BCUT2D eigenvalue weighted by Gasteiger charge is 2.16. The lowest BCUT2D eigenvalue weighted by Gasteiger charge is -2.13. The van der Waals surface area contributed by atoms with Crippen molar-refractivity contribution in [3.8, 4) is 11.5 Å². The van der Waals surface area contributed by atoms with Crippen LogP contribution in [0.5, 0.6) is 11.5 Å². The Morgan fingerprint density at radius 3 is 2.50 bits per heavy atom. The minimum absolute atomic E-state index is 0.116. The molecule has 0 saturated heterocycles. The highest BCUT2D eigenvalue weighted by atomic mass is 79.9. The van der Waals surface area contributed by atoms with Crippen molar-refractivity contribution in [3.63, 3.8) is 0 Å². The van der Waals surface area contributed by atoms with Crippen LogP contribution in [0.3, 0.4) is 0 Å². The van der Waals surface area contributed by atoms with Crippen LogP contribution < -0.4 is 20.2 Å². The summed E-state index contributed by atoms with van der Waals surface area (Å²) in [5, 5.41) is 6.17. The van der Waals surface area contributed by atoms with Crippen molar-refractivity contribution >= 4 is 39.1 Å². The first-order valence-electron chi connectivity index (χ1n) is 10.2. The Kier molecular flexibility index (Phi) is 8.37. The molecule has 0 atom stereocenters. The fourth-order valence-electron chi connectivity index (χ4n) is 2.96. The second-order valence-electron chi connectivity index (χ2n) is 7.30. The molecule has 176 valence electrons. The van der Waals surface area contributed by atoms with E-state index in [1.807, 2.05) is 31.2 Å². The molecule has 0 bridgehead atoms. The summed E-state index contributed by atoms with van der Waals surface area (Å²) < 4.78 is 25.7. The van der Waals surface area contributed by atoms with Crippen LogP contribution >= 0.6 is 15.9 Å². The second kappa shape index (κ2) is 11.4. The van der Waals surface area contributed by atoms with E-state index in [-0.39, 0.29) is 5.69 Å². The van der Waals surface area contributed by atoms with E-state index < -0.39 is 17.6 Å². The van der Waals surface area contributed by atoms with Crippen molar-refractivity contribution < 1.29 is 23.5 Å². The maximum atomic E-state index is 13.9. The van der Waals surface area contributed by atoms with Gasteiger partial charge in [-0.15, -0.1) is 0 Å². The van der Waals surface area contributed by atoms with Gasteiger partial charge in [0.25, 0.3) is 0 Å². The largest absolute Gasteiger partial charge is 0.493 e. The smallest absolute Gasteiger partial charge is 0.329 e. The van der Waals surface area contributed by atoms with Crippen LogP contribution in [-0.4, -0.2) is 24.6 Å². The van der Waals surface area contributed by atoms with Gasteiger partial charge in [0.15, 0.2) is 11.5 Å². The van der Waals surface area contributed by atoms with Gasteiger partial charge in [-0.25, -0.2) is 9.82 Å². The number of hydrogen-bond acceptors (Lipinski definition) is 5. The van der Waals surface area contributed by atoms with Crippen molar-refractivity contribution in [2.45, 2.75) is 20.5 Å². The first-order chi connectivity index (χ1) is 16.3. The fourth-order valence-corrected chi connectivity index (χ4v) is 3.29. The number of amides is 2. The van der Waals surface area contributed by atoms with Crippen LogP contribution in [0.1, 0.15) is 23.6 Å². The van der Waals surface area contributed by atoms with Gasteiger partial charge in [-0.3, -0.25) is 9.59 Å². The Morgan fingerprint density at radius 2 is 1.79 bits per heavy atom. The summed E-state index contributed by atoms with van der Waals surface area (Å²) in [6.45, 7) is 4.07. The summed E-state index contributed by atoms with van der Waals surface area (Å²) in [6.07, 6.45) is 0. The molecule has 2 amide bonds. The van der Waals surface area contributed by atoms with Crippen LogP contribution in [0, 0.1) is 12.7 Å². The normalized spacial score (nSPS) is 11.0. The highest BCUT2D eigenvalue weighted by molar-refractivity contribution is 9.10. The number of nitrogens with one attached hydrogen (secondary N) is 2. The Morgan fingerprint density at radius 1 is 1.03 bits per heavy atom. The molecule has 0 heterocycles. The minimum Gasteiger partial charge on any atom is -0.493 e. The first-order valence-corrected chi connectivity index (χ1v) is 11.0. The predicted molar refractivity (Wildman–Crippen MR) is 132 cm³/mol. The topological polar surface area (TPSA) is 89.0 Å². The number of carbonyl (C=O) groups excluding carboxylic acids is 2. The van der Waals surface area contributed by atoms with E-state index in [1.54, 1.807) is 31.2 Å². The lowest BCUT2D eigenvalue weighted by atomic mass is 10.1. The number of anilines is 1. The van der Waals surface area contributed by atoms with E-state index in [0.717, 1.165) is 11.1 Å². The van der Waals surface area contributed by atoms with Gasteiger partial charge in [-0.2, -0.15) is 5.10 Å². The molecule has 0 aliphatic rings. The molecule has 0 saturated carbocycles. The third-order valence-electron chi connectivity index (χ3n) is 4.94. The number of hydrogen-bond donors (Lipinski definition) is 2. The minimum atomic E-state index is -1.05. The Balaban J connectivity index is 1.64. The standard InChI is InChI=1S/C25H23BrFN3O4/c1-15-6-4-5-7-18(15)14-34-22-11-8-17(12-23(22)33-3)16(2)29-30-25(32)24(31)28-21-10-9-19(26)13-20(21)27/h4-13H,14H2,1-3H3,(H,28,31)(H,30,32)/b29-16+. The van der Waals surface area contributed by atoms with E-state index in [9.17, 15) is 14.0 Å². The number of nitrogens with zero attached hydrogens (tertiary/aromatic N) is 1. The van der Waals surface area contributed by atoms with E-state index in [4.69, 9.17) is 9.47 Å². The third kappa shape index (κ3) is 6.41. The molecule has 7 nitrogen and oxygen atoms in total. The van der Waals surface area contributed by atoms with Gasteiger partial charge < -0.3 is 14.8 Å². The zero-order valence-corrected chi connectivity index (χ0v) is 20.4. The van der Waals surface area contributed by atoms with Gasteiger partial charge in [0.1, 0.15) is 12.4 Å². The average Bonchev–Trinajstić information content (AvgIpc) is 2.83. The molecule has 34 heavy (non-hydrogen) atoms. The number of carbonyl (C=O) groups is 2. The summed E-state index contributed by atoms with van der Waals surface area (Å²) in [7, 11) is 1.53. The lowest BCUT2D eigenvalue weighted by Crippen LogP contribution is -2.33. The van der Waals surface area contributed by atoms with Gasteiger partial charge in [0.2, 0.25) is 0 Å². The molecule has 0 unspecified atom stereocenters. The quantitative estimate of drug-likeness (QED) is 0.258. The van der Waals surface area contributed by atoms with Gasteiger partial charge in [0, 0.05) is 10.0 Å². The molecular formula is C25H23BrFN3O4. The lowest BCUT2D eigenvalue weighted by molar-refractivity contribution is -0.136. The summed E-state index contributed by atoms with van der Waals surface area (Å²) in [5.74, 6) is -1.70. The van der Waals surface area contributed by atoms with E-state index in [2.05, 4.69) is 31.8 Å². The summed E-state index contributed by atoms with van der Waals surface area (Å²) in [5.41, 5.74) is 5.33. The van der Waals surface area contributed by atoms with Crippen LogP contribution in [0.2, 0.25) is 0 Å². The predicted octanol–water partition coefficient (Wildman–Crippen LogP) is 4.96. The number of methoxy groups -OCH3 is 1. The molecule has 0 aliphatic carbocycles. The number of hydrazone groups is 1. The van der Waals surface area contributed by atoms with E-state index in [1.165, 1.54) is 19.2 Å². The van der Waals surface area contributed by atoms with Crippen molar-refractivity contribution in [1.82, 2.24) is 5.43 Å². The fraction of sp³-hybridized carbons (Fsp3) is 0.160. The summed E-state index contributed by atoms with van der Waals surface area (Å²) in [6, 6.07) is 17.2. The number of benzene rings is 3. The summed E-state index contributed by atoms with van der Waals surface area (Å²) >= 11 is 3.12. The Labute approximate surface area is 205 Å². The van der Waals surface area contributed by atoms with Crippen molar-refractivity contribution in [3.05, 3.63) is 87.6 Å². The molecule has 0 spiro atoms. The zero-order chi connectivity index (χ0) is 24.7. The SMILES string of the molecule is COc1cc(/C(C)=N/NC(=O)C(=O)Nc2ccc(Br)cc2F)ccc1OCc1ccccc1C. The molecule has 0 radical (unpaired) electrons. The van der Waals surface area contributed by atoms with Crippen molar-refractivity contribution in [2.75, 3.05) is 12.4 Å². The van der Waals surface area contributed by atoms with Crippen LogP contribution in [-0.2, 0) is 16.2 Å². The maximum Gasteiger partial charge on any atom is 0.329 e.